The highest BCUT2D eigenvalue weighted by molar-refractivity contribution is 7.80. The Kier molecular flexibility index (Phi) is 6.52. The Balaban J connectivity index is 2.51. The molecule has 0 saturated carbocycles. The van der Waals surface area contributed by atoms with Crippen LogP contribution in [0.3, 0.4) is 0 Å². The van der Waals surface area contributed by atoms with E-state index in [9.17, 15) is 0 Å². The van der Waals surface area contributed by atoms with Crippen LogP contribution >= 0.6 is 35.4 Å². The smallest absolute Gasteiger partial charge is 0.170 e. The van der Waals surface area contributed by atoms with Crippen LogP contribution in [0.5, 0.6) is 0 Å². The number of hydrogen-bond donors (Lipinski definition) is 3. The number of rotatable bonds is 5. The van der Waals surface area contributed by atoms with E-state index in [0.717, 1.165) is 18.8 Å². The lowest BCUT2D eigenvalue weighted by atomic mass is 9.93. The highest BCUT2D eigenvalue weighted by Gasteiger charge is 2.21. The minimum Gasteiger partial charge on any atom is -0.362 e. The van der Waals surface area contributed by atoms with Crippen LogP contribution in [-0.2, 0) is 0 Å². The highest BCUT2D eigenvalue weighted by atomic mass is 35.5. The Bertz CT molecular complexity index is 455. The summed E-state index contributed by atoms with van der Waals surface area (Å²) < 4.78 is 0. The van der Waals surface area contributed by atoms with E-state index in [2.05, 4.69) is 38.6 Å². The van der Waals surface area contributed by atoms with E-state index in [0.29, 0.717) is 15.2 Å². The molecule has 0 bridgehead atoms. The molecule has 112 valence electrons. The average Bonchev–Trinajstić information content (AvgIpc) is 2.23. The molecule has 0 fully saturated rings. The van der Waals surface area contributed by atoms with Crippen molar-refractivity contribution >= 4 is 46.2 Å². The van der Waals surface area contributed by atoms with Crippen molar-refractivity contribution in [2.75, 3.05) is 32.5 Å². The molecular formula is C14H22Cl2N3S+. The predicted molar refractivity (Wildman–Crippen MR) is 92.1 cm³/mol. The van der Waals surface area contributed by atoms with Crippen molar-refractivity contribution in [3.05, 3.63) is 28.2 Å². The van der Waals surface area contributed by atoms with Gasteiger partial charge in [0.1, 0.15) is 0 Å². The van der Waals surface area contributed by atoms with Crippen molar-refractivity contribution < 1.29 is 4.90 Å². The minimum atomic E-state index is 0.163. The minimum absolute atomic E-state index is 0.163. The Morgan fingerprint density at radius 1 is 1.20 bits per heavy atom. The van der Waals surface area contributed by atoms with Crippen LogP contribution in [0.2, 0.25) is 10.0 Å². The van der Waals surface area contributed by atoms with Crippen LogP contribution in [0.4, 0.5) is 5.69 Å². The van der Waals surface area contributed by atoms with Crippen LogP contribution in [-0.4, -0.2) is 32.3 Å². The summed E-state index contributed by atoms with van der Waals surface area (Å²) >= 11 is 17.2. The molecule has 20 heavy (non-hydrogen) atoms. The summed E-state index contributed by atoms with van der Waals surface area (Å²) in [6.45, 7) is 6.29. The molecule has 0 heterocycles. The normalized spacial score (nSPS) is 11.6. The van der Waals surface area contributed by atoms with Crippen molar-refractivity contribution in [3.8, 4) is 0 Å². The van der Waals surface area contributed by atoms with Crippen molar-refractivity contribution in [3.63, 3.8) is 0 Å². The molecule has 3 N–H and O–H groups in total. The number of nitrogens with one attached hydrogen (secondary N) is 3. The second kappa shape index (κ2) is 7.46. The first-order valence-corrected chi connectivity index (χ1v) is 7.64. The SMILES string of the molecule is C[NH+](C)CC(C)(C)CNC(=S)Nc1cc(Cl)cc(Cl)c1. The fourth-order valence-corrected chi connectivity index (χ4v) is 2.86. The van der Waals surface area contributed by atoms with E-state index in [1.807, 2.05) is 0 Å². The summed E-state index contributed by atoms with van der Waals surface area (Å²) in [7, 11) is 4.29. The van der Waals surface area contributed by atoms with Gasteiger partial charge in [-0.2, -0.15) is 0 Å². The first kappa shape index (κ1) is 17.5. The maximum absolute atomic E-state index is 5.95. The Labute approximate surface area is 136 Å². The van der Waals surface area contributed by atoms with Crippen molar-refractivity contribution in [2.45, 2.75) is 13.8 Å². The lowest BCUT2D eigenvalue weighted by Crippen LogP contribution is -3.07. The van der Waals surface area contributed by atoms with Gasteiger partial charge in [-0.1, -0.05) is 37.0 Å². The third-order valence-electron chi connectivity index (χ3n) is 2.68. The molecule has 0 aliphatic heterocycles. The van der Waals surface area contributed by atoms with Gasteiger partial charge in [-0.05, 0) is 30.4 Å². The van der Waals surface area contributed by atoms with Gasteiger partial charge >= 0.3 is 0 Å². The van der Waals surface area contributed by atoms with Crippen LogP contribution in [0.1, 0.15) is 13.8 Å². The zero-order valence-electron chi connectivity index (χ0n) is 12.3. The molecule has 0 radical (unpaired) electrons. The fraction of sp³-hybridized carbons (Fsp3) is 0.500. The molecule has 3 nitrogen and oxygen atoms in total. The maximum atomic E-state index is 5.95. The second-order valence-corrected chi connectivity index (χ2v) is 7.30. The maximum Gasteiger partial charge on any atom is 0.170 e. The van der Waals surface area contributed by atoms with Gasteiger partial charge in [0.2, 0.25) is 0 Å². The topological polar surface area (TPSA) is 28.5 Å². The number of hydrogen-bond acceptors (Lipinski definition) is 1. The molecule has 0 amide bonds. The van der Waals surface area contributed by atoms with Gasteiger partial charge < -0.3 is 15.5 Å². The van der Waals surface area contributed by atoms with Crippen molar-refractivity contribution in [1.29, 1.82) is 0 Å². The summed E-state index contributed by atoms with van der Waals surface area (Å²) in [5, 5.41) is 8.07. The molecule has 0 atom stereocenters. The molecule has 1 aromatic rings. The number of benzene rings is 1. The summed E-state index contributed by atoms with van der Waals surface area (Å²) in [6.07, 6.45) is 0. The van der Waals surface area contributed by atoms with E-state index in [1.54, 1.807) is 18.2 Å². The molecule has 0 aliphatic rings. The third kappa shape index (κ3) is 6.75. The van der Waals surface area contributed by atoms with Crippen molar-refractivity contribution in [1.82, 2.24) is 5.32 Å². The quantitative estimate of drug-likeness (QED) is 0.722. The van der Waals surface area contributed by atoms with E-state index in [1.165, 1.54) is 4.90 Å². The number of quaternary nitrogens is 1. The van der Waals surface area contributed by atoms with Gasteiger partial charge in [0, 0.05) is 27.7 Å². The van der Waals surface area contributed by atoms with Gasteiger partial charge in [-0.25, -0.2) is 0 Å². The number of thiocarbonyl (C=S) groups is 1. The van der Waals surface area contributed by atoms with Crippen LogP contribution in [0, 0.1) is 5.41 Å². The monoisotopic (exact) mass is 334 g/mol. The molecule has 1 rings (SSSR count). The summed E-state index contributed by atoms with van der Waals surface area (Å²) in [4.78, 5) is 1.41. The number of anilines is 1. The zero-order valence-corrected chi connectivity index (χ0v) is 14.6. The van der Waals surface area contributed by atoms with Crippen LogP contribution < -0.4 is 15.5 Å². The second-order valence-electron chi connectivity index (χ2n) is 6.01. The largest absolute Gasteiger partial charge is 0.362 e. The molecule has 0 unspecified atom stereocenters. The van der Waals surface area contributed by atoms with Gasteiger partial charge in [0.05, 0.1) is 20.6 Å². The van der Waals surface area contributed by atoms with Gasteiger partial charge in [0.25, 0.3) is 0 Å². The molecule has 0 aromatic heterocycles. The van der Waals surface area contributed by atoms with Gasteiger partial charge in [-0.3, -0.25) is 0 Å². The molecule has 6 heteroatoms. The van der Waals surface area contributed by atoms with Gasteiger partial charge in [-0.15, -0.1) is 0 Å². The number of halogens is 2. The molecule has 0 spiro atoms. The Morgan fingerprint density at radius 2 is 1.75 bits per heavy atom. The third-order valence-corrected chi connectivity index (χ3v) is 3.36. The predicted octanol–water partition coefficient (Wildman–Crippen LogP) is 2.45. The summed E-state index contributed by atoms with van der Waals surface area (Å²) in [6, 6.07) is 5.26. The standard InChI is InChI=1S/C14H21Cl2N3S/c1-14(2,9-19(3)4)8-17-13(20)18-12-6-10(15)5-11(16)7-12/h5-7H,8-9H2,1-4H3,(H2,17,18,20)/p+1. The molecule has 0 saturated heterocycles. The lowest BCUT2D eigenvalue weighted by molar-refractivity contribution is -0.865. The van der Waals surface area contributed by atoms with E-state index < -0.39 is 0 Å². The van der Waals surface area contributed by atoms with E-state index >= 15 is 0 Å². The first-order chi connectivity index (χ1) is 9.18. The lowest BCUT2D eigenvalue weighted by Gasteiger charge is -2.26. The first-order valence-electron chi connectivity index (χ1n) is 6.48. The average molecular weight is 335 g/mol. The Morgan fingerprint density at radius 3 is 2.25 bits per heavy atom. The van der Waals surface area contributed by atoms with Crippen LogP contribution in [0.25, 0.3) is 0 Å². The highest BCUT2D eigenvalue weighted by Crippen LogP contribution is 2.22. The van der Waals surface area contributed by atoms with Crippen LogP contribution in [0.15, 0.2) is 18.2 Å². The summed E-state index contributed by atoms with van der Waals surface area (Å²) in [5.41, 5.74) is 0.951. The molecule has 0 aliphatic carbocycles. The fourth-order valence-electron chi connectivity index (χ4n) is 2.14. The molecule has 1 aromatic carbocycles. The molecular weight excluding hydrogens is 313 g/mol. The van der Waals surface area contributed by atoms with Gasteiger partial charge in [0.15, 0.2) is 5.11 Å². The summed E-state index contributed by atoms with van der Waals surface area (Å²) in [5.74, 6) is 0. The van der Waals surface area contributed by atoms with E-state index in [4.69, 9.17) is 35.4 Å². The van der Waals surface area contributed by atoms with E-state index in [-0.39, 0.29) is 5.41 Å². The zero-order chi connectivity index (χ0) is 15.3. The Hall–Kier alpha value is -0.550. The van der Waals surface area contributed by atoms with Crippen molar-refractivity contribution in [2.24, 2.45) is 5.41 Å².